The van der Waals surface area contributed by atoms with Gasteiger partial charge in [0.05, 0.1) is 23.4 Å². The van der Waals surface area contributed by atoms with Crippen LogP contribution in [0.2, 0.25) is 0 Å². The molecule has 0 atom stereocenters. The summed E-state index contributed by atoms with van der Waals surface area (Å²) in [5.74, 6) is -0.0625. The first-order valence-corrected chi connectivity index (χ1v) is 5.24. The van der Waals surface area contributed by atoms with Crippen LogP contribution in [-0.4, -0.2) is 14.9 Å². The minimum atomic E-state index is -0.856. The number of H-pyrrole nitrogens is 1. The predicted molar refractivity (Wildman–Crippen MR) is 63.7 cm³/mol. The number of imidazole rings is 1. The van der Waals surface area contributed by atoms with Gasteiger partial charge in [0.1, 0.15) is 5.82 Å². The summed E-state index contributed by atoms with van der Waals surface area (Å²) in [5.41, 5.74) is 0.801. The monoisotopic (exact) mass is 250 g/mol. The quantitative estimate of drug-likeness (QED) is 0.644. The van der Waals surface area contributed by atoms with E-state index in [2.05, 4.69) is 15.3 Å². The number of aryl methyl sites for hydroxylation is 1. The summed E-state index contributed by atoms with van der Waals surface area (Å²) in [6.45, 7) is 2.27. The number of aromatic nitrogens is 2. The molecule has 0 spiro atoms. The third-order valence-corrected chi connectivity index (χ3v) is 2.38. The highest BCUT2D eigenvalue weighted by Gasteiger charge is 2.13. The first-order valence-electron chi connectivity index (χ1n) is 5.24. The highest BCUT2D eigenvalue weighted by atomic mass is 19.1. The Hall–Kier alpha value is -2.44. The van der Waals surface area contributed by atoms with Crippen molar-refractivity contribution in [2.45, 2.75) is 13.5 Å². The molecular formula is C11H11FN4O2. The molecule has 1 aromatic heterocycles. The van der Waals surface area contributed by atoms with Gasteiger partial charge in [-0.25, -0.2) is 4.98 Å². The molecule has 0 aliphatic rings. The third-order valence-electron chi connectivity index (χ3n) is 2.38. The predicted octanol–water partition coefficient (Wildman–Crippen LogP) is 2.38. The molecular weight excluding hydrogens is 239 g/mol. The Bertz CT molecular complexity index is 582. The molecule has 6 nitrogen and oxygen atoms in total. The molecule has 0 aliphatic heterocycles. The standard InChI is InChI=1S/C11H11FN4O2/c1-7-13-5-9(15-7)6-14-8-2-3-11(16(17)18)10(12)4-8/h2-5,14H,6H2,1H3,(H,13,15). The van der Waals surface area contributed by atoms with Crippen LogP contribution in [0, 0.1) is 22.9 Å². The minimum Gasteiger partial charge on any atom is -0.379 e. The van der Waals surface area contributed by atoms with Crippen LogP contribution in [0.5, 0.6) is 0 Å². The van der Waals surface area contributed by atoms with Crippen LogP contribution in [0.4, 0.5) is 15.8 Å². The summed E-state index contributed by atoms with van der Waals surface area (Å²) in [7, 11) is 0. The lowest BCUT2D eigenvalue weighted by Crippen LogP contribution is -2.01. The largest absolute Gasteiger partial charge is 0.379 e. The van der Waals surface area contributed by atoms with Crippen molar-refractivity contribution in [3.63, 3.8) is 0 Å². The van der Waals surface area contributed by atoms with Crippen molar-refractivity contribution in [1.82, 2.24) is 9.97 Å². The fourth-order valence-electron chi connectivity index (χ4n) is 1.52. The molecule has 2 rings (SSSR count). The number of nitrogens with one attached hydrogen (secondary N) is 2. The van der Waals surface area contributed by atoms with E-state index in [1.54, 1.807) is 6.20 Å². The molecule has 2 aromatic rings. The molecule has 0 aliphatic carbocycles. The van der Waals surface area contributed by atoms with Gasteiger partial charge in [0.15, 0.2) is 0 Å². The summed E-state index contributed by atoms with van der Waals surface area (Å²) in [6, 6.07) is 3.70. The zero-order valence-corrected chi connectivity index (χ0v) is 9.61. The maximum Gasteiger partial charge on any atom is 0.304 e. The van der Waals surface area contributed by atoms with Crippen LogP contribution in [0.25, 0.3) is 0 Å². The Kier molecular flexibility index (Phi) is 3.22. The molecule has 0 saturated carbocycles. The summed E-state index contributed by atoms with van der Waals surface area (Å²) < 4.78 is 13.3. The van der Waals surface area contributed by atoms with E-state index in [1.165, 1.54) is 6.07 Å². The van der Waals surface area contributed by atoms with Crippen molar-refractivity contribution in [2.24, 2.45) is 0 Å². The Labute approximate surface area is 102 Å². The maximum absolute atomic E-state index is 13.3. The van der Waals surface area contributed by atoms with Crippen molar-refractivity contribution in [1.29, 1.82) is 0 Å². The van der Waals surface area contributed by atoms with Gasteiger partial charge in [0.2, 0.25) is 5.82 Å². The number of hydrogen-bond acceptors (Lipinski definition) is 4. The molecule has 0 bridgehead atoms. The molecule has 7 heteroatoms. The molecule has 0 radical (unpaired) electrons. The summed E-state index contributed by atoms with van der Waals surface area (Å²) >= 11 is 0. The van der Waals surface area contributed by atoms with Gasteiger partial charge in [-0.05, 0) is 13.0 Å². The SMILES string of the molecule is Cc1ncc(CNc2ccc([N+](=O)[O-])c(F)c2)[nH]1. The van der Waals surface area contributed by atoms with E-state index in [0.717, 1.165) is 23.7 Å². The van der Waals surface area contributed by atoms with Crippen molar-refractivity contribution < 1.29 is 9.31 Å². The van der Waals surface area contributed by atoms with Gasteiger partial charge >= 0.3 is 5.69 Å². The van der Waals surface area contributed by atoms with Crippen LogP contribution in [0.1, 0.15) is 11.5 Å². The van der Waals surface area contributed by atoms with Crippen LogP contribution in [-0.2, 0) is 6.54 Å². The molecule has 1 heterocycles. The maximum atomic E-state index is 13.3. The Morgan fingerprint density at radius 2 is 2.33 bits per heavy atom. The van der Waals surface area contributed by atoms with Gasteiger partial charge in [-0.3, -0.25) is 10.1 Å². The highest BCUT2D eigenvalue weighted by Crippen LogP contribution is 2.21. The first kappa shape index (κ1) is 12.0. The smallest absolute Gasteiger partial charge is 0.304 e. The highest BCUT2D eigenvalue weighted by molar-refractivity contribution is 5.49. The van der Waals surface area contributed by atoms with Crippen LogP contribution >= 0.6 is 0 Å². The van der Waals surface area contributed by atoms with E-state index in [-0.39, 0.29) is 0 Å². The average molecular weight is 250 g/mol. The van der Waals surface area contributed by atoms with Crippen molar-refractivity contribution in [3.8, 4) is 0 Å². The number of nitro benzene ring substituents is 1. The van der Waals surface area contributed by atoms with Gasteiger partial charge in [0.25, 0.3) is 0 Å². The van der Waals surface area contributed by atoms with Crippen molar-refractivity contribution in [2.75, 3.05) is 5.32 Å². The molecule has 94 valence electrons. The number of nitrogens with zero attached hydrogens (tertiary/aromatic N) is 2. The molecule has 0 amide bonds. The van der Waals surface area contributed by atoms with Crippen LogP contribution < -0.4 is 5.32 Å². The third kappa shape index (κ3) is 2.62. The first-order chi connectivity index (χ1) is 8.56. The second-order valence-electron chi connectivity index (χ2n) is 3.77. The van der Waals surface area contributed by atoms with Crippen LogP contribution in [0.3, 0.4) is 0 Å². The summed E-state index contributed by atoms with van der Waals surface area (Å²) in [5, 5.41) is 13.4. The number of rotatable bonds is 4. The normalized spacial score (nSPS) is 10.3. The molecule has 0 saturated heterocycles. The Morgan fingerprint density at radius 1 is 1.56 bits per heavy atom. The zero-order valence-electron chi connectivity index (χ0n) is 9.61. The lowest BCUT2D eigenvalue weighted by atomic mass is 10.2. The summed E-state index contributed by atoms with van der Waals surface area (Å²) in [4.78, 5) is 16.7. The van der Waals surface area contributed by atoms with Gasteiger partial charge < -0.3 is 10.3 Å². The number of nitro groups is 1. The average Bonchev–Trinajstić information content (AvgIpc) is 2.72. The molecule has 0 unspecified atom stereocenters. The number of hydrogen-bond donors (Lipinski definition) is 2. The second kappa shape index (κ2) is 4.82. The van der Waals surface area contributed by atoms with E-state index in [9.17, 15) is 14.5 Å². The van der Waals surface area contributed by atoms with Gasteiger partial charge in [-0.1, -0.05) is 0 Å². The Balaban J connectivity index is 2.06. The number of halogens is 1. The van der Waals surface area contributed by atoms with Gasteiger partial charge in [-0.2, -0.15) is 4.39 Å². The van der Waals surface area contributed by atoms with E-state index in [4.69, 9.17) is 0 Å². The van der Waals surface area contributed by atoms with E-state index < -0.39 is 16.4 Å². The lowest BCUT2D eigenvalue weighted by molar-refractivity contribution is -0.387. The minimum absolute atomic E-state index is 0.443. The molecule has 0 fully saturated rings. The zero-order chi connectivity index (χ0) is 13.1. The lowest BCUT2D eigenvalue weighted by Gasteiger charge is -2.04. The van der Waals surface area contributed by atoms with E-state index >= 15 is 0 Å². The van der Waals surface area contributed by atoms with E-state index in [0.29, 0.717) is 12.2 Å². The van der Waals surface area contributed by atoms with Crippen molar-refractivity contribution >= 4 is 11.4 Å². The fourth-order valence-corrected chi connectivity index (χ4v) is 1.52. The van der Waals surface area contributed by atoms with E-state index in [1.807, 2.05) is 6.92 Å². The molecule has 1 aromatic carbocycles. The van der Waals surface area contributed by atoms with Gasteiger partial charge in [-0.15, -0.1) is 0 Å². The van der Waals surface area contributed by atoms with Crippen LogP contribution in [0.15, 0.2) is 24.4 Å². The summed E-state index contributed by atoms with van der Waals surface area (Å²) in [6.07, 6.45) is 1.67. The number of benzene rings is 1. The molecule has 2 N–H and O–H groups in total. The van der Waals surface area contributed by atoms with Gasteiger partial charge in [0, 0.05) is 17.8 Å². The topological polar surface area (TPSA) is 83.8 Å². The van der Waals surface area contributed by atoms with Crippen molar-refractivity contribution in [3.05, 3.63) is 51.8 Å². The second-order valence-corrected chi connectivity index (χ2v) is 3.77. The fraction of sp³-hybridized carbons (Fsp3) is 0.182. The number of anilines is 1. The molecule has 18 heavy (non-hydrogen) atoms. The Morgan fingerprint density at radius 3 is 2.89 bits per heavy atom. The number of aromatic amines is 1.